The van der Waals surface area contributed by atoms with Crippen LogP contribution in [-0.4, -0.2) is 21.9 Å². The number of hydrogen-bond donors (Lipinski definition) is 1. The topological polar surface area (TPSA) is 81.0 Å². The largest absolute Gasteiger partial charge is 0.314 e. The van der Waals surface area contributed by atoms with E-state index in [1.165, 1.54) is 0 Å². The van der Waals surface area contributed by atoms with Crippen LogP contribution < -0.4 is 5.32 Å². The lowest BCUT2D eigenvalue weighted by Crippen LogP contribution is -2.09. The van der Waals surface area contributed by atoms with Crippen molar-refractivity contribution in [1.29, 1.82) is 0 Å². The zero-order valence-corrected chi connectivity index (χ0v) is 11.4. The zero-order chi connectivity index (χ0) is 15.6. The summed E-state index contributed by atoms with van der Waals surface area (Å²) < 4.78 is 28.0. The fourth-order valence-electron chi connectivity index (χ4n) is 1.90. The van der Waals surface area contributed by atoms with Gasteiger partial charge in [0.05, 0.1) is 16.2 Å². The minimum atomic E-state index is -1.28. The molecule has 8 heteroatoms. The van der Waals surface area contributed by atoms with Gasteiger partial charge in [-0.05, 0) is 26.1 Å². The fourth-order valence-corrected chi connectivity index (χ4v) is 1.90. The summed E-state index contributed by atoms with van der Waals surface area (Å²) in [5, 5.41) is 13.6. The van der Waals surface area contributed by atoms with Crippen LogP contribution in [0.2, 0.25) is 0 Å². The molecular weight excluding hydrogens is 282 g/mol. The smallest absolute Gasteiger partial charge is 0.305 e. The molecule has 2 rings (SSSR count). The van der Waals surface area contributed by atoms with E-state index in [1.54, 1.807) is 20.0 Å². The SMILES string of the molecule is CNCc1cc(C)nc(-c2c(F)ccc([N+](=O)[O-])c2F)n1. The second-order valence-corrected chi connectivity index (χ2v) is 4.37. The molecule has 0 unspecified atom stereocenters. The molecule has 0 saturated heterocycles. The Bertz CT molecular complexity index is 707. The number of aryl methyl sites for hydroxylation is 1. The molecule has 0 spiro atoms. The molecule has 110 valence electrons. The molecule has 0 aliphatic rings. The molecule has 0 radical (unpaired) electrons. The Morgan fingerprint density at radius 3 is 2.67 bits per heavy atom. The van der Waals surface area contributed by atoms with Crippen LogP contribution in [0.15, 0.2) is 18.2 Å². The van der Waals surface area contributed by atoms with Gasteiger partial charge in [0.2, 0.25) is 5.82 Å². The minimum Gasteiger partial charge on any atom is -0.314 e. The summed E-state index contributed by atoms with van der Waals surface area (Å²) in [4.78, 5) is 17.8. The zero-order valence-electron chi connectivity index (χ0n) is 11.4. The van der Waals surface area contributed by atoms with Crippen molar-refractivity contribution < 1.29 is 13.7 Å². The number of nitrogens with one attached hydrogen (secondary N) is 1. The first kappa shape index (κ1) is 14.9. The molecule has 1 N–H and O–H groups in total. The Kier molecular flexibility index (Phi) is 4.18. The number of hydrogen-bond acceptors (Lipinski definition) is 5. The molecule has 0 fully saturated rings. The van der Waals surface area contributed by atoms with Crippen LogP contribution in [0.25, 0.3) is 11.4 Å². The van der Waals surface area contributed by atoms with E-state index in [-0.39, 0.29) is 5.82 Å². The molecule has 21 heavy (non-hydrogen) atoms. The molecule has 2 aromatic rings. The van der Waals surface area contributed by atoms with Crippen LogP contribution in [-0.2, 0) is 6.54 Å². The standard InChI is InChI=1S/C13H12F2N4O2/c1-7-5-8(6-16-2)18-13(17-7)11-9(14)3-4-10(12(11)15)19(20)21/h3-5,16H,6H2,1-2H3. The highest BCUT2D eigenvalue weighted by Gasteiger charge is 2.24. The molecular formula is C13H12F2N4O2. The van der Waals surface area contributed by atoms with Crippen molar-refractivity contribution in [1.82, 2.24) is 15.3 Å². The third kappa shape index (κ3) is 3.00. The van der Waals surface area contributed by atoms with Crippen LogP contribution in [0.1, 0.15) is 11.4 Å². The van der Waals surface area contributed by atoms with Gasteiger partial charge >= 0.3 is 5.69 Å². The number of nitro groups is 1. The number of aromatic nitrogens is 2. The Hall–Kier alpha value is -2.48. The van der Waals surface area contributed by atoms with E-state index in [9.17, 15) is 18.9 Å². The normalized spacial score (nSPS) is 10.7. The maximum atomic E-state index is 14.1. The first-order valence-corrected chi connectivity index (χ1v) is 6.06. The van der Waals surface area contributed by atoms with Gasteiger partial charge in [-0.25, -0.2) is 14.4 Å². The molecule has 0 saturated carbocycles. The molecule has 0 amide bonds. The highest BCUT2D eigenvalue weighted by molar-refractivity contribution is 5.61. The van der Waals surface area contributed by atoms with Crippen LogP contribution in [0.4, 0.5) is 14.5 Å². The predicted molar refractivity (Wildman–Crippen MR) is 71.5 cm³/mol. The van der Waals surface area contributed by atoms with Gasteiger partial charge in [0, 0.05) is 18.3 Å². The number of benzene rings is 1. The molecule has 0 aliphatic heterocycles. The number of halogens is 2. The number of nitro benzene ring substituents is 1. The van der Waals surface area contributed by atoms with Gasteiger partial charge in [-0.3, -0.25) is 10.1 Å². The van der Waals surface area contributed by atoms with Gasteiger partial charge in [0.1, 0.15) is 5.82 Å². The maximum absolute atomic E-state index is 14.1. The van der Waals surface area contributed by atoms with E-state index in [0.29, 0.717) is 17.9 Å². The highest BCUT2D eigenvalue weighted by atomic mass is 19.1. The Morgan fingerprint density at radius 2 is 2.05 bits per heavy atom. The number of nitrogens with zero attached hydrogens (tertiary/aromatic N) is 3. The second kappa shape index (κ2) is 5.88. The van der Waals surface area contributed by atoms with Gasteiger partial charge in [-0.1, -0.05) is 0 Å². The summed E-state index contributed by atoms with van der Waals surface area (Å²) in [5.74, 6) is -2.43. The van der Waals surface area contributed by atoms with Crippen molar-refractivity contribution in [2.24, 2.45) is 0 Å². The average Bonchev–Trinajstić information content (AvgIpc) is 2.38. The van der Waals surface area contributed by atoms with Crippen molar-refractivity contribution in [2.75, 3.05) is 7.05 Å². The van der Waals surface area contributed by atoms with Crippen molar-refractivity contribution >= 4 is 5.69 Å². The van der Waals surface area contributed by atoms with Gasteiger partial charge in [0.15, 0.2) is 5.82 Å². The quantitative estimate of drug-likeness (QED) is 0.691. The average molecular weight is 294 g/mol. The predicted octanol–water partition coefficient (Wildman–Crippen LogP) is 2.36. The van der Waals surface area contributed by atoms with Gasteiger partial charge in [-0.2, -0.15) is 4.39 Å². The van der Waals surface area contributed by atoms with Crippen LogP contribution in [0.5, 0.6) is 0 Å². The summed E-state index contributed by atoms with van der Waals surface area (Å²) in [7, 11) is 1.70. The molecule has 6 nitrogen and oxygen atoms in total. The van der Waals surface area contributed by atoms with E-state index in [1.807, 2.05) is 0 Å². The molecule has 1 aromatic carbocycles. The van der Waals surface area contributed by atoms with E-state index < -0.39 is 27.8 Å². The minimum absolute atomic E-state index is 0.209. The monoisotopic (exact) mass is 294 g/mol. The van der Waals surface area contributed by atoms with Gasteiger partial charge in [-0.15, -0.1) is 0 Å². The second-order valence-electron chi connectivity index (χ2n) is 4.37. The van der Waals surface area contributed by atoms with Crippen LogP contribution >= 0.6 is 0 Å². The Balaban J connectivity index is 2.66. The molecule has 0 bridgehead atoms. The number of rotatable bonds is 4. The van der Waals surface area contributed by atoms with Crippen molar-refractivity contribution in [3.63, 3.8) is 0 Å². The summed E-state index contributed by atoms with van der Waals surface area (Å²) in [6, 6.07) is 3.27. The lowest BCUT2D eigenvalue weighted by molar-refractivity contribution is -0.387. The van der Waals surface area contributed by atoms with E-state index in [4.69, 9.17) is 0 Å². The summed E-state index contributed by atoms with van der Waals surface area (Å²) in [6.07, 6.45) is 0. The van der Waals surface area contributed by atoms with Crippen molar-refractivity contribution in [3.05, 3.63) is 51.3 Å². The molecule has 0 atom stereocenters. The van der Waals surface area contributed by atoms with Gasteiger partial charge in [0.25, 0.3) is 0 Å². The highest BCUT2D eigenvalue weighted by Crippen LogP contribution is 2.29. The van der Waals surface area contributed by atoms with Crippen LogP contribution in [0, 0.1) is 28.7 Å². The van der Waals surface area contributed by atoms with Gasteiger partial charge < -0.3 is 5.32 Å². The lowest BCUT2D eigenvalue weighted by atomic mass is 10.1. The molecule has 0 aliphatic carbocycles. The van der Waals surface area contributed by atoms with Crippen molar-refractivity contribution in [3.8, 4) is 11.4 Å². The third-order valence-electron chi connectivity index (χ3n) is 2.76. The third-order valence-corrected chi connectivity index (χ3v) is 2.76. The van der Waals surface area contributed by atoms with E-state index >= 15 is 0 Å². The summed E-state index contributed by atoms with van der Waals surface area (Å²) in [5.41, 5.74) is -0.363. The lowest BCUT2D eigenvalue weighted by Gasteiger charge is -2.08. The Labute approximate surface area is 119 Å². The van der Waals surface area contributed by atoms with E-state index in [0.717, 1.165) is 12.1 Å². The summed E-state index contributed by atoms with van der Waals surface area (Å²) >= 11 is 0. The fraction of sp³-hybridized carbons (Fsp3) is 0.231. The molecule has 1 aromatic heterocycles. The van der Waals surface area contributed by atoms with Crippen molar-refractivity contribution in [2.45, 2.75) is 13.5 Å². The first-order chi connectivity index (χ1) is 9.93. The van der Waals surface area contributed by atoms with E-state index in [2.05, 4.69) is 15.3 Å². The Morgan fingerprint density at radius 1 is 1.33 bits per heavy atom. The maximum Gasteiger partial charge on any atom is 0.305 e. The molecule has 1 heterocycles. The summed E-state index contributed by atoms with van der Waals surface area (Å²) in [6.45, 7) is 2.03. The first-order valence-electron chi connectivity index (χ1n) is 6.06. The van der Waals surface area contributed by atoms with Crippen LogP contribution in [0.3, 0.4) is 0 Å².